The second-order valence-electron chi connectivity index (χ2n) is 4.87. The molecular weight excluding hydrogens is 272 g/mol. The molecule has 1 N–H and O–H groups in total. The minimum absolute atomic E-state index is 0.0487. The average Bonchev–Trinajstić information content (AvgIpc) is 2.49. The number of aliphatic hydroxyl groups is 1. The zero-order valence-electron chi connectivity index (χ0n) is 11.1. The highest BCUT2D eigenvalue weighted by Gasteiger charge is 2.15. The molecule has 1 atom stereocenters. The Kier molecular flexibility index (Phi) is 3.62. The van der Waals surface area contributed by atoms with Gasteiger partial charge in [0.25, 0.3) is 0 Å². The van der Waals surface area contributed by atoms with E-state index in [0.29, 0.717) is 5.69 Å². The number of aliphatic hydroxyl groups excluding tert-OH is 1. The Balaban J connectivity index is 1.95. The average molecular weight is 285 g/mol. The Morgan fingerprint density at radius 3 is 2.67 bits per heavy atom. The highest BCUT2D eigenvalue weighted by molar-refractivity contribution is 5.84. The molecule has 3 aromatic rings. The molecule has 0 amide bonds. The van der Waals surface area contributed by atoms with Gasteiger partial charge in [0.1, 0.15) is 17.7 Å². The van der Waals surface area contributed by atoms with Crippen molar-refractivity contribution in [2.75, 3.05) is 0 Å². The number of aromatic nitrogens is 1. The molecule has 1 heterocycles. The summed E-state index contributed by atoms with van der Waals surface area (Å²) < 4.78 is 26.6. The van der Waals surface area contributed by atoms with Crippen molar-refractivity contribution in [2.45, 2.75) is 12.5 Å². The molecule has 1 aromatic heterocycles. The second-order valence-corrected chi connectivity index (χ2v) is 4.87. The molecule has 0 saturated carbocycles. The lowest BCUT2D eigenvalue weighted by Crippen LogP contribution is -2.06. The summed E-state index contributed by atoms with van der Waals surface area (Å²) >= 11 is 0. The van der Waals surface area contributed by atoms with Gasteiger partial charge in [-0.3, -0.25) is 4.98 Å². The molecule has 1 unspecified atom stereocenters. The van der Waals surface area contributed by atoms with Crippen molar-refractivity contribution in [3.8, 4) is 0 Å². The predicted octanol–water partition coefficient (Wildman–Crippen LogP) is 3.79. The SMILES string of the molecule is OC(Cc1ccc(F)cc1F)c1nccc2ccccc12. The third-order valence-electron chi connectivity index (χ3n) is 3.45. The van der Waals surface area contributed by atoms with Gasteiger partial charge >= 0.3 is 0 Å². The summed E-state index contributed by atoms with van der Waals surface area (Å²) in [4.78, 5) is 4.20. The first-order valence-electron chi connectivity index (χ1n) is 6.61. The summed E-state index contributed by atoms with van der Waals surface area (Å²) in [6.07, 6.45) is 0.714. The van der Waals surface area contributed by atoms with E-state index in [4.69, 9.17) is 0 Å². The third-order valence-corrected chi connectivity index (χ3v) is 3.45. The number of hydrogen-bond acceptors (Lipinski definition) is 2. The van der Waals surface area contributed by atoms with Crippen molar-refractivity contribution in [3.63, 3.8) is 0 Å². The van der Waals surface area contributed by atoms with Gasteiger partial charge in [-0.05, 0) is 23.1 Å². The molecule has 0 aliphatic rings. The summed E-state index contributed by atoms with van der Waals surface area (Å²) in [5.74, 6) is -1.29. The minimum Gasteiger partial charge on any atom is -0.386 e. The Labute approximate surface area is 120 Å². The molecule has 0 aliphatic heterocycles. The molecule has 21 heavy (non-hydrogen) atoms. The minimum atomic E-state index is -0.948. The van der Waals surface area contributed by atoms with Crippen LogP contribution < -0.4 is 0 Å². The van der Waals surface area contributed by atoms with E-state index in [1.165, 1.54) is 12.1 Å². The van der Waals surface area contributed by atoms with E-state index in [0.717, 1.165) is 16.8 Å². The summed E-state index contributed by atoms with van der Waals surface area (Å²) in [6.45, 7) is 0. The van der Waals surface area contributed by atoms with Crippen LogP contribution in [0.3, 0.4) is 0 Å². The van der Waals surface area contributed by atoms with Crippen LogP contribution in [0.4, 0.5) is 8.78 Å². The van der Waals surface area contributed by atoms with Gasteiger partial charge in [0.15, 0.2) is 0 Å². The Hall–Kier alpha value is -2.33. The van der Waals surface area contributed by atoms with E-state index in [1.54, 1.807) is 6.20 Å². The van der Waals surface area contributed by atoms with Crippen LogP contribution in [-0.4, -0.2) is 10.1 Å². The lowest BCUT2D eigenvalue weighted by Gasteiger charge is -2.13. The van der Waals surface area contributed by atoms with Crippen molar-refractivity contribution < 1.29 is 13.9 Å². The molecule has 2 nitrogen and oxygen atoms in total. The summed E-state index contributed by atoms with van der Waals surface area (Å²) in [5.41, 5.74) is 0.760. The van der Waals surface area contributed by atoms with Gasteiger partial charge in [-0.15, -0.1) is 0 Å². The van der Waals surface area contributed by atoms with E-state index < -0.39 is 17.7 Å². The number of fused-ring (bicyclic) bond motifs is 1. The summed E-state index contributed by atoms with van der Waals surface area (Å²) in [6, 6.07) is 12.7. The van der Waals surface area contributed by atoms with E-state index in [1.807, 2.05) is 30.3 Å². The standard InChI is InChI=1S/C17H13F2NO/c18-13-6-5-12(15(19)10-13)9-16(21)17-14-4-2-1-3-11(14)7-8-20-17/h1-8,10,16,21H,9H2. The van der Waals surface area contributed by atoms with Gasteiger partial charge in [0, 0.05) is 24.1 Å². The molecular formula is C17H13F2NO. The third kappa shape index (κ3) is 2.76. The van der Waals surface area contributed by atoms with Crippen LogP contribution in [-0.2, 0) is 6.42 Å². The topological polar surface area (TPSA) is 33.1 Å². The van der Waals surface area contributed by atoms with Crippen LogP contribution in [0, 0.1) is 11.6 Å². The fourth-order valence-corrected chi connectivity index (χ4v) is 2.40. The molecule has 0 radical (unpaired) electrons. The molecule has 4 heteroatoms. The number of hydrogen-bond donors (Lipinski definition) is 1. The van der Waals surface area contributed by atoms with E-state index >= 15 is 0 Å². The maximum Gasteiger partial charge on any atom is 0.129 e. The predicted molar refractivity (Wildman–Crippen MR) is 76.8 cm³/mol. The van der Waals surface area contributed by atoms with Gasteiger partial charge in [0.05, 0.1) is 5.69 Å². The largest absolute Gasteiger partial charge is 0.386 e. The van der Waals surface area contributed by atoms with Gasteiger partial charge in [0.2, 0.25) is 0 Å². The number of halogens is 2. The molecule has 2 aromatic carbocycles. The van der Waals surface area contributed by atoms with Gasteiger partial charge in [-0.25, -0.2) is 8.78 Å². The van der Waals surface area contributed by atoms with Gasteiger partial charge in [-0.1, -0.05) is 30.3 Å². The molecule has 106 valence electrons. The Bertz CT molecular complexity index is 783. The Morgan fingerprint density at radius 1 is 1.05 bits per heavy atom. The zero-order valence-corrected chi connectivity index (χ0v) is 11.1. The fraction of sp³-hybridized carbons (Fsp3) is 0.118. The first-order valence-corrected chi connectivity index (χ1v) is 6.61. The van der Waals surface area contributed by atoms with Crippen molar-refractivity contribution in [3.05, 3.63) is 77.6 Å². The Morgan fingerprint density at radius 2 is 1.86 bits per heavy atom. The molecule has 0 saturated heterocycles. The van der Waals surface area contributed by atoms with Crippen LogP contribution >= 0.6 is 0 Å². The van der Waals surface area contributed by atoms with E-state index in [-0.39, 0.29) is 12.0 Å². The van der Waals surface area contributed by atoms with Crippen LogP contribution in [0.15, 0.2) is 54.7 Å². The van der Waals surface area contributed by atoms with E-state index in [9.17, 15) is 13.9 Å². The number of nitrogens with zero attached hydrogens (tertiary/aromatic N) is 1. The van der Waals surface area contributed by atoms with Crippen LogP contribution in [0.5, 0.6) is 0 Å². The van der Waals surface area contributed by atoms with Crippen molar-refractivity contribution >= 4 is 10.8 Å². The summed E-state index contributed by atoms with van der Waals surface area (Å²) in [7, 11) is 0. The lowest BCUT2D eigenvalue weighted by molar-refractivity contribution is 0.174. The normalized spacial score (nSPS) is 12.5. The monoisotopic (exact) mass is 285 g/mol. The van der Waals surface area contributed by atoms with Crippen LogP contribution in [0.25, 0.3) is 10.8 Å². The number of benzene rings is 2. The molecule has 0 spiro atoms. The first-order chi connectivity index (χ1) is 10.1. The maximum atomic E-state index is 13.7. The number of rotatable bonds is 3. The van der Waals surface area contributed by atoms with E-state index in [2.05, 4.69) is 4.98 Å². The smallest absolute Gasteiger partial charge is 0.129 e. The first kappa shape index (κ1) is 13.6. The quantitative estimate of drug-likeness (QED) is 0.794. The highest BCUT2D eigenvalue weighted by atomic mass is 19.1. The van der Waals surface area contributed by atoms with Crippen molar-refractivity contribution in [1.82, 2.24) is 4.98 Å². The second kappa shape index (κ2) is 5.58. The highest BCUT2D eigenvalue weighted by Crippen LogP contribution is 2.25. The van der Waals surface area contributed by atoms with Gasteiger partial charge < -0.3 is 5.11 Å². The molecule has 3 rings (SSSR count). The van der Waals surface area contributed by atoms with Crippen molar-refractivity contribution in [2.24, 2.45) is 0 Å². The summed E-state index contributed by atoms with van der Waals surface area (Å²) in [5, 5.41) is 12.1. The molecule has 0 aliphatic carbocycles. The van der Waals surface area contributed by atoms with Crippen LogP contribution in [0.2, 0.25) is 0 Å². The zero-order chi connectivity index (χ0) is 14.8. The lowest BCUT2D eigenvalue weighted by atomic mass is 10.0. The van der Waals surface area contributed by atoms with Crippen LogP contribution in [0.1, 0.15) is 17.4 Å². The number of pyridine rings is 1. The molecule has 0 bridgehead atoms. The van der Waals surface area contributed by atoms with Crippen molar-refractivity contribution in [1.29, 1.82) is 0 Å². The fourth-order valence-electron chi connectivity index (χ4n) is 2.40. The maximum absolute atomic E-state index is 13.7. The van der Waals surface area contributed by atoms with Gasteiger partial charge in [-0.2, -0.15) is 0 Å². The molecule has 0 fully saturated rings.